The molecule has 0 aliphatic heterocycles. The third-order valence-electron chi connectivity index (χ3n) is 4.43. The molecule has 2 rings (SSSR count). The Morgan fingerprint density at radius 1 is 1.29 bits per heavy atom. The molecule has 0 radical (unpaired) electrons. The van der Waals surface area contributed by atoms with Crippen LogP contribution in [0.4, 0.5) is 4.39 Å². The Labute approximate surface area is 162 Å². The zero-order valence-electron chi connectivity index (χ0n) is 16.8. The molecule has 28 heavy (non-hydrogen) atoms. The molecule has 1 aromatic carbocycles. The molecule has 0 aliphatic carbocycles. The number of hydrogen-bond donors (Lipinski definition) is 4. The van der Waals surface area contributed by atoms with Gasteiger partial charge in [0, 0.05) is 14.2 Å². The van der Waals surface area contributed by atoms with E-state index < -0.39 is 23.2 Å². The van der Waals surface area contributed by atoms with Crippen molar-refractivity contribution >= 4 is 11.6 Å². The van der Waals surface area contributed by atoms with Crippen LogP contribution < -0.4 is 15.6 Å². The molecule has 0 saturated heterocycles. The molecule has 0 aliphatic rings. The van der Waals surface area contributed by atoms with Gasteiger partial charge in [-0.3, -0.25) is 15.0 Å². The number of aromatic amines is 1. The topological polar surface area (TPSA) is 128 Å². The number of carbonyl (C=O) groups excluding carboxylic acids is 1. The minimum absolute atomic E-state index is 0.149. The minimum atomic E-state index is -1.17. The van der Waals surface area contributed by atoms with Crippen molar-refractivity contribution in [3.63, 3.8) is 0 Å². The van der Waals surface area contributed by atoms with E-state index in [1.807, 2.05) is 13.8 Å². The Balaban J connectivity index is 0.00000190. The predicted octanol–water partition coefficient (Wildman–Crippen LogP) is 1.91. The van der Waals surface area contributed by atoms with Gasteiger partial charge >= 0.3 is 0 Å². The Bertz CT molecular complexity index is 954. The highest BCUT2D eigenvalue weighted by Gasteiger charge is 2.25. The third kappa shape index (κ3) is 4.25. The average molecular weight is 392 g/mol. The zero-order chi connectivity index (χ0) is 21.6. The van der Waals surface area contributed by atoms with E-state index in [4.69, 9.17) is 15.3 Å². The molecule has 4 N–H and O–H groups in total. The number of aliphatic hydroxyl groups excluding tert-OH is 1. The lowest BCUT2D eigenvalue weighted by molar-refractivity contribution is -0.114. The highest BCUT2D eigenvalue weighted by molar-refractivity contribution is 6.45. The highest BCUT2D eigenvalue weighted by Crippen LogP contribution is 2.36. The van der Waals surface area contributed by atoms with Crippen LogP contribution in [0.1, 0.15) is 34.7 Å². The third-order valence-corrected chi connectivity index (χ3v) is 4.43. The smallest absolute Gasteiger partial charge is 0.290 e. The fourth-order valence-electron chi connectivity index (χ4n) is 2.92. The molecule has 152 valence electrons. The second-order valence-corrected chi connectivity index (χ2v) is 5.82. The second kappa shape index (κ2) is 9.75. The van der Waals surface area contributed by atoms with E-state index >= 15 is 0 Å². The number of amides is 1. The van der Waals surface area contributed by atoms with Gasteiger partial charge in [-0.15, -0.1) is 0 Å². The van der Waals surface area contributed by atoms with E-state index in [9.17, 15) is 14.0 Å². The molecule has 1 heterocycles. The summed E-state index contributed by atoms with van der Waals surface area (Å²) in [6.45, 7) is 7.41. The van der Waals surface area contributed by atoms with Crippen molar-refractivity contribution < 1.29 is 19.0 Å². The maximum Gasteiger partial charge on any atom is 0.290 e. The van der Waals surface area contributed by atoms with E-state index in [1.54, 1.807) is 13.8 Å². The Morgan fingerprint density at radius 2 is 1.89 bits per heavy atom. The summed E-state index contributed by atoms with van der Waals surface area (Å²) in [6, 6.07) is 0. The largest absolute Gasteiger partial charge is 0.435 e. The van der Waals surface area contributed by atoms with Crippen molar-refractivity contribution in [1.82, 2.24) is 15.3 Å². The van der Waals surface area contributed by atoms with Crippen LogP contribution in [-0.2, 0) is 11.2 Å². The summed E-state index contributed by atoms with van der Waals surface area (Å²) in [4.78, 5) is 29.4. The SMILES string of the molecule is CCc1c(C)c(C)c(C(=N)C(=O)NC)c(Oc2nc[nH]c(=O)c2F)c1C.CO. The summed E-state index contributed by atoms with van der Waals surface area (Å²) in [5, 5.41) is 17.6. The second-order valence-electron chi connectivity index (χ2n) is 5.82. The first-order valence-corrected chi connectivity index (χ1v) is 8.53. The van der Waals surface area contributed by atoms with E-state index in [0.29, 0.717) is 17.5 Å². The van der Waals surface area contributed by atoms with Crippen LogP contribution in [-0.4, -0.2) is 40.9 Å². The van der Waals surface area contributed by atoms with Gasteiger partial charge in [-0.05, 0) is 49.4 Å². The molecule has 0 spiro atoms. The molecule has 0 atom stereocenters. The van der Waals surface area contributed by atoms with Gasteiger partial charge in [0.15, 0.2) is 0 Å². The Morgan fingerprint density at radius 3 is 2.43 bits per heavy atom. The Kier molecular flexibility index (Phi) is 8.00. The molecule has 0 bridgehead atoms. The van der Waals surface area contributed by atoms with Crippen LogP contribution in [0, 0.1) is 32.0 Å². The van der Waals surface area contributed by atoms with E-state index in [-0.39, 0.29) is 17.0 Å². The van der Waals surface area contributed by atoms with Gasteiger partial charge in [0.05, 0.1) is 11.9 Å². The highest BCUT2D eigenvalue weighted by atomic mass is 19.1. The lowest BCUT2D eigenvalue weighted by atomic mass is 9.89. The van der Waals surface area contributed by atoms with E-state index in [2.05, 4.69) is 15.3 Å². The number of nitrogens with zero attached hydrogens (tertiary/aromatic N) is 1. The number of carbonyl (C=O) groups is 1. The van der Waals surface area contributed by atoms with Crippen LogP contribution >= 0.6 is 0 Å². The van der Waals surface area contributed by atoms with Crippen molar-refractivity contribution in [3.05, 3.63) is 50.3 Å². The molecule has 0 fully saturated rings. The first kappa shape index (κ1) is 23.0. The fourth-order valence-corrected chi connectivity index (χ4v) is 2.92. The molecule has 8 nitrogen and oxygen atoms in total. The number of aromatic nitrogens is 2. The van der Waals surface area contributed by atoms with Crippen molar-refractivity contribution in [1.29, 1.82) is 5.41 Å². The number of rotatable bonds is 5. The minimum Gasteiger partial charge on any atom is -0.435 e. The van der Waals surface area contributed by atoms with Gasteiger partial charge < -0.3 is 20.1 Å². The van der Waals surface area contributed by atoms with E-state index in [1.165, 1.54) is 7.05 Å². The molecular formula is C19H25FN4O4. The van der Waals surface area contributed by atoms with Gasteiger partial charge in [-0.25, -0.2) is 4.98 Å². The number of likely N-dealkylation sites (N-methyl/N-ethyl adjacent to an activating group) is 1. The van der Waals surface area contributed by atoms with Crippen LogP contribution in [0.5, 0.6) is 11.6 Å². The first-order chi connectivity index (χ1) is 13.2. The molecule has 1 aromatic heterocycles. The van der Waals surface area contributed by atoms with Crippen molar-refractivity contribution in [2.75, 3.05) is 14.2 Å². The number of hydrogen-bond acceptors (Lipinski definition) is 6. The summed E-state index contributed by atoms with van der Waals surface area (Å²) < 4.78 is 19.7. The van der Waals surface area contributed by atoms with Crippen LogP contribution in [0.2, 0.25) is 0 Å². The summed E-state index contributed by atoms with van der Waals surface area (Å²) >= 11 is 0. The average Bonchev–Trinajstić information content (AvgIpc) is 2.70. The maximum absolute atomic E-state index is 14.1. The van der Waals surface area contributed by atoms with Crippen molar-refractivity contribution in [2.24, 2.45) is 0 Å². The van der Waals surface area contributed by atoms with Crippen LogP contribution in [0.25, 0.3) is 0 Å². The number of halogens is 1. The van der Waals surface area contributed by atoms with Crippen molar-refractivity contribution in [2.45, 2.75) is 34.1 Å². The molecule has 0 unspecified atom stereocenters. The van der Waals surface area contributed by atoms with Gasteiger partial charge in [0.25, 0.3) is 17.3 Å². The summed E-state index contributed by atoms with van der Waals surface area (Å²) in [6.07, 6.45) is 1.72. The van der Waals surface area contributed by atoms with E-state index in [0.717, 1.165) is 24.6 Å². The number of nitrogens with one attached hydrogen (secondary N) is 3. The normalized spacial score (nSPS) is 10.0. The van der Waals surface area contributed by atoms with Gasteiger partial charge in [-0.1, -0.05) is 6.92 Å². The van der Waals surface area contributed by atoms with Gasteiger partial charge in [0.1, 0.15) is 11.5 Å². The lowest BCUT2D eigenvalue weighted by Gasteiger charge is -2.21. The maximum atomic E-state index is 14.1. The molecule has 2 aromatic rings. The number of benzene rings is 1. The number of H-pyrrole nitrogens is 1. The quantitative estimate of drug-likeness (QED) is 0.578. The lowest BCUT2D eigenvalue weighted by Crippen LogP contribution is -2.29. The van der Waals surface area contributed by atoms with Gasteiger partial charge in [0.2, 0.25) is 5.82 Å². The number of aliphatic hydroxyl groups is 1. The summed E-state index contributed by atoms with van der Waals surface area (Å²) in [5.41, 5.74) is 2.23. The number of ether oxygens (including phenoxy) is 1. The molecule has 9 heteroatoms. The fraction of sp³-hybridized carbons (Fsp3) is 0.368. The van der Waals surface area contributed by atoms with Gasteiger partial charge in [-0.2, -0.15) is 4.39 Å². The summed E-state index contributed by atoms with van der Waals surface area (Å²) in [5.74, 6) is -2.12. The molecule has 1 amide bonds. The van der Waals surface area contributed by atoms with Crippen LogP contribution in [0.3, 0.4) is 0 Å². The zero-order valence-corrected chi connectivity index (χ0v) is 16.8. The monoisotopic (exact) mass is 392 g/mol. The first-order valence-electron chi connectivity index (χ1n) is 8.53. The predicted molar refractivity (Wildman–Crippen MR) is 104 cm³/mol. The Hall–Kier alpha value is -3.07. The van der Waals surface area contributed by atoms with Crippen molar-refractivity contribution in [3.8, 4) is 11.6 Å². The van der Waals surface area contributed by atoms with Crippen LogP contribution in [0.15, 0.2) is 11.1 Å². The molecular weight excluding hydrogens is 367 g/mol. The summed E-state index contributed by atoms with van der Waals surface area (Å²) in [7, 11) is 2.42. The molecule has 0 saturated carbocycles. The standard InChI is InChI=1S/C18H21FN4O3.CH4O/c1-6-11-8(2)9(3)12(14(20)17(25)21-5)15(10(11)4)26-18-13(19)16(24)22-7-23-18;1-2/h7,20H,6H2,1-5H3,(H,21,25)(H,22,23,24);2H,1H3.